The maximum Gasteiger partial charge on any atom is 0.184 e. The van der Waals surface area contributed by atoms with Crippen LogP contribution < -0.4 is 5.73 Å². The van der Waals surface area contributed by atoms with E-state index in [0.29, 0.717) is 16.8 Å². The van der Waals surface area contributed by atoms with Crippen LogP contribution in [0.1, 0.15) is 45.1 Å². The van der Waals surface area contributed by atoms with Crippen molar-refractivity contribution >= 4 is 17.3 Å². The van der Waals surface area contributed by atoms with E-state index < -0.39 is 0 Å². The lowest BCUT2D eigenvalue weighted by molar-refractivity contribution is 0.255. The highest BCUT2D eigenvalue weighted by Crippen LogP contribution is 2.36. The van der Waals surface area contributed by atoms with Gasteiger partial charge in [0.05, 0.1) is 6.04 Å². The van der Waals surface area contributed by atoms with Gasteiger partial charge in [0.25, 0.3) is 0 Å². The fraction of sp³-hybridized carbons (Fsp3) is 0.533. The lowest BCUT2D eigenvalue weighted by atomic mass is 9.84. The van der Waals surface area contributed by atoms with Gasteiger partial charge in [-0.15, -0.1) is 5.10 Å². The molecule has 1 fully saturated rings. The minimum atomic E-state index is 0.368. The van der Waals surface area contributed by atoms with Crippen LogP contribution in [-0.4, -0.2) is 20.2 Å². The van der Waals surface area contributed by atoms with E-state index in [1.165, 1.54) is 19.3 Å². The highest BCUT2D eigenvalue weighted by molar-refractivity contribution is 6.31. The quantitative estimate of drug-likeness (QED) is 0.877. The van der Waals surface area contributed by atoms with E-state index in [4.69, 9.17) is 17.3 Å². The molecule has 3 rings (SSSR count). The lowest BCUT2D eigenvalue weighted by Gasteiger charge is -2.28. The standard InChI is InChI=1S/C15H20ClN5/c1-2-10-3-6-12(7-4-10)21-15(18-19-20-21)13-8-5-11(16)9-14(13)17/h5,8-10,12H,2-4,6-7,17H2,1H3. The summed E-state index contributed by atoms with van der Waals surface area (Å²) in [5.41, 5.74) is 7.52. The van der Waals surface area contributed by atoms with Crippen molar-refractivity contribution < 1.29 is 0 Å². The normalized spacial score (nSPS) is 22.4. The molecule has 1 heterocycles. The average molecular weight is 306 g/mol. The Morgan fingerprint density at radius 1 is 1.29 bits per heavy atom. The number of aromatic nitrogens is 4. The van der Waals surface area contributed by atoms with Crippen molar-refractivity contribution in [1.82, 2.24) is 20.2 Å². The molecule has 1 aromatic carbocycles. The molecule has 0 bridgehead atoms. The molecule has 0 atom stereocenters. The number of nitrogens with zero attached hydrogens (tertiary/aromatic N) is 4. The fourth-order valence-corrected chi connectivity index (χ4v) is 3.33. The SMILES string of the molecule is CCC1CCC(n2nnnc2-c2ccc(Cl)cc2N)CC1. The van der Waals surface area contributed by atoms with Crippen molar-refractivity contribution in [3.05, 3.63) is 23.2 Å². The van der Waals surface area contributed by atoms with Gasteiger partial charge in [-0.1, -0.05) is 24.9 Å². The van der Waals surface area contributed by atoms with Crippen molar-refractivity contribution in [2.45, 2.75) is 45.1 Å². The third kappa shape index (κ3) is 2.88. The van der Waals surface area contributed by atoms with Crippen LogP contribution in [0, 0.1) is 5.92 Å². The smallest absolute Gasteiger partial charge is 0.184 e. The largest absolute Gasteiger partial charge is 0.398 e. The third-order valence-electron chi connectivity index (χ3n) is 4.49. The maximum atomic E-state index is 6.06. The fourth-order valence-electron chi connectivity index (χ4n) is 3.15. The number of rotatable bonds is 3. The topological polar surface area (TPSA) is 69.6 Å². The summed E-state index contributed by atoms with van der Waals surface area (Å²) in [5.74, 6) is 1.59. The molecule has 1 aliphatic rings. The summed E-state index contributed by atoms with van der Waals surface area (Å²) in [6.07, 6.45) is 6.01. The van der Waals surface area contributed by atoms with Crippen LogP contribution in [0.5, 0.6) is 0 Å². The summed E-state index contributed by atoms with van der Waals surface area (Å²) in [4.78, 5) is 0. The van der Waals surface area contributed by atoms with E-state index in [0.717, 1.165) is 30.1 Å². The van der Waals surface area contributed by atoms with E-state index in [-0.39, 0.29) is 0 Å². The molecule has 0 saturated heterocycles. The summed E-state index contributed by atoms with van der Waals surface area (Å²) in [6.45, 7) is 2.27. The van der Waals surface area contributed by atoms with Crippen molar-refractivity contribution in [3.63, 3.8) is 0 Å². The first-order valence-electron chi connectivity index (χ1n) is 7.52. The number of hydrogen-bond donors (Lipinski definition) is 1. The average Bonchev–Trinajstić information content (AvgIpc) is 2.96. The second-order valence-electron chi connectivity index (χ2n) is 5.76. The minimum absolute atomic E-state index is 0.368. The molecule has 0 radical (unpaired) electrons. The molecule has 1 aliphatic carbocycles. The van der Waals surface area contributed by atoms with Crippen LogP contribution in [-0.2, 0) is 0 Å². The van der Waals surface area contributed by atoms with Gasteiger partial charge in [-0.05, 0) is 60.2 Å². The Morgan fingerprint density at radius 3 is 2.71 bits per heavy atom. The summed E-state index contributed by atoms with van der Waals surface area (Å²) in [7, 11) is 0. The third-order valence-corrected chi connectivity index (χ3v) is 4.72. The molecule has 2 N–H and O–H groups in total. The second kappa shape index (κ2) is 6.02. The molecule has 6 heteroatoms. The number of nitrogens with two attached hydrogens (primary N) is 1. The Bertz CT molecular complexity index is 616. The van der Waals surface area contributed by atoms with Gasteiger partial charge >= 0.3 is 0 Å². The Kier molecular flexibility index (Phi) is 4.10. The number of hydrogen-bond acceptors (Lipinski definition) is 4. The lowest BCUT2D eigenvalue weighted by Crippen LogP contribution is -2.20. The van der Waals surface area contributed by atoms with E-state index >= 15 is 0 Å². The number of benzene rings is 1. The number of tetrazole rings is 1. The Labute approximate surface area is 129 Å². The Morgan fingerprint density at radius 2 is 2.05 bits per heavy atom. The predicted octanol–water partition coefficient (Wildman–Crippen LogP) is 3.72. The zero-order valence-electron chi connectivity index (χ0n) is 12.2. The number of halogens is 1. The van der Waals surface area contributed by atoms with E-state index in [2.05, 4.69) is 22.4 Å². The number of anilines is 1. The molecule has 1 aromatic heterocycles. The van der Waals surface area contributed by atoms with Crippen molar-refractivity contribution in [3.8, 4) is 11.4 Å². The predicted molar refractivity (Wildman–Crippen MR) is 84.0 cm³/mol. The molecular weight excluding hydrogens is 286 g/mol. The first kappa shape index (κ1) is 14.3. The Hall–Kier alpha value is -1.62. The first-order valence-corrected chi connectivity index (χ1v) is 7.90. The highest BCUT2D eigenvalue weighted by atomic mass is 35.5. The first-order chi connectivity index (χ1) is 10.2. The molecule has 21 heavy (non-hydrogen) atoms. The monoisotopic (exact) mass is 305 g/mol. The van der Waals surface area contributed by atoms with Gasteiger partial charge in [0, 0.05) is 16.3 Å². The van der Waals surface area contributed by atoms with Crippen molar-refractivity contribution in [2.24, 2.45) is 5.92 Å². The van der Waals surface area contributed by atoms with E-state index in [9.17, 15) is 0 Å². The molecule has 0 spiro atoms. The molecular formula is C15H20ClN5. The van der Waals surface area contributed by atoms with Crippen LogP contribution in [0.15, 0.2) is 18.2 Å². The van der Waals surface area contributed by atoms with Gasteiger partial charge in [-0.25, -0.2) is 4.68 Å². The molecule has 0 unspecified atom stereocenters. The van der Waals surface area contributed by atoms with E-state index in [1.54, 1.807) is 6.07 Å². The molecule has 0 amide bonds. The van der Waals surface area contributed by atoms with Crippen molar-refractivity contribution in [2.75, 3.05) is 5.73 Å². The van der Waals surface area contributed by atoms with Gasteiger partial charge in [-0.2, -0.15) is 0 Å². The van der Waals surface area contributed by atoms with Crippen molar-refractivity contribution in [1.29, 1.82) is 0 Å². The molecule has 5 nitrogen and oxygen atoms in total. The summed E-state index contributed by atoms with van der Waals surface area (Å²) < 4.78 is 1.94. The Balaban J connectivity index is 1.87. The van der Waals surface area contributed by atoms with Crippen LogP contribution in [0.3, 0.4) is 0 Å². The highest BCUT2D eigenvalue weighted by Gasteiger charge is 2.25. The van der Waals surface area contributed by atoms with Gasteiger partial charge in [0.1, 0.15) is 0 Å². The second-order valence-corrected chi connectivity index (χ2v) is 6.20. The van der Waals surface area contributed by atoms with Gasteiger partial charge in [0.15, 0.2) is 5.82 Å². The number of nitrogen functional groups attached to an aromatic ring is 1. The summed E-state index contributed by atoms with van der Waals surface area (Å²) >= 11 is 5.96. The van der Waals surface area contributed by atoms with Crippen LogP contribution in [0.25, 0.3) is 11.4 Å². The van der Waals surface area contributed by atoms with Gasteiger partial charge < -0.3 is 5.73 Å². The zero-order chi connectivity index (χ0) is 14.8. The summed E-state index contributed by atoms with van der Waals surface area (Å²) in [6, 6.07) is 5.81. The van der Waals surface area contributed by atoms with Crippen LogP contribution in [0.2, 0.25) is 5.02 Å². The van der Waals surface area contributed by atoms with Crippen LogP contribution in [0.4, 0.5) is 5.69 Å². The van der Waals surface area contributed by atoms with Gasteiger partial charge in [-0.3, -0.25) is 0 Å². The summed E-state index contributed by atoms with van der Waals surface area (Å²) in [5, 5.41) is 12.8. The molecule has 1 saturated carbocycles. The molecule has 0 aliphatic heterocycles. The maximum absolute atomic E-state index is 6.06. The van der Waals surface area contributed by atoms with Gasteiger partial charge in [0.2, 0.25) is 0 Å². The van der Waals surface area contributed by atoms with E-state index in [1.807, 2.05) is 16.8 Å². The van der Waals surface area contributed by atoms with Crippen LogP contribution >= 0.6 is 11.6 Å². The molecule has 112 valence electrons. The minimum Gasteiger partial charge on any atom is -0.398 e. The zero-order valence-corrected chi connectivity index (χ0v) is 12.9. The molecule has 2 aromatic rings.